The van der Waals surface area contributed by atoms with Gasteiger partial charge in [-0.2, -0.15) is 0 Å². The van der Waals surface area contributed by atoms with Crippen molar-refractivity contribution in [3.63, 3.8) is 0 Å². The standard InChI is InChI=1S/C19H24N2O3S/c1-3-19(2,23)17-12-5-4-10-24-14-13(12)16(18(22)21-17)25-15(14)11-6-8-20-9-7-11/h6-9,12-13,16-17,23H,3-5,10H2,1-2H3,(H,21,22)/t12?,13?,16?,17?,19-/m1/s1. The average molecular weight is 360 g/mol. The fraction of sp³-hybridized carbons (Fsp3) is 0.579. The number of piperidine rings is 1. The maximum atomic E-state index is 12.8. The fourth-order valence-electron chi connectivity index (χ4n) is 4.29. The van der Waals surface area contributed by atoms with E-state index < -0.39 is 5.60 Å². The minimum atomic E-state index is -0.912. The van der Waals surface area contributed by atoms with Gasteiger partial charge >= 0.3 is 0 Å². The molecule has 5 atom stereocenters. The van der Waals surface area contributed by atoms with Crippen LogP contribution in [0.5, 0.6) is 0 Å². The van der Waals surface area contributed by atoms with Crippen LogP contribution in [0.3, 0.4) is 0 Å². The van der Waals surface area contributed by atoms with Crippen LogP contribution in [0.2, 0.25) is 0 Å². The summed E-state index contributed by atoms with van der Waals surface area (Å²) in [6.07, 6.45) is 6.04. The van der Waals surface area contributed by atoms with Crippen molar-refractivity contribution in [2.45, 2.75) is 50.0 Å². The molecular weight excluding hydrogens is 336 g/mol. The van der Waals surface area contributed by atoms with E-state index >= 15 is 0 Å². The number of aromatic nitrogens is 1. The third kappa shape index (κ3) is 2.75. The van der Waals surface area contributed by atoms with Crippen LogP contribution in [-0.4, -0.2) is 39.5 Å². The van der Waals surface area contributed by atoms with E-state index in [2.05, 4.69) is 10.3 Å². The minimum Gasteiger partial charge on any atom is -0.496 e. The maximum Gasteiger partial charge on any atom is 0.234 e. The third-order valence-corrected chi connectivity index (χ3v) is 7.24. The number of aliphatic hydroxyl groups is 1. The third-order valence-electron chi connectivity index (χ3n) is 5.81. The Bertz CT molecular complexity index is 704. The molecular formula is C19H24N2O3S. The summed E-state index contributed by atoms with van der Waals surface area (Å²) in [7, 11) is 0. The van der Waals surface area contributed by atoms with E-state index in [0.29, 0.717) is 13.0 Å². The average Bonchev–Trinajstić information content (AvgIpc) is 2.87. The molecule has 5 nitrogen and oxygen atoms in total. The first kappa shape index (κ1) is 16.9. The van der Waals surface area contributed by atoms with Crippen molar-refractivity contribution in [2.75, 3.05) is 6.61 Å². The number of pyridine rings is 1. The summed E-state index contributed by atoms with van der Waals surface area (Å²) in [5, 5.41) is 13.8. The van der Waals surface area contributed by atoms with Gasteiger partial charge in [-0.25, -0.2) is 0 Å². The molecule has 0 aromatic carbocycles. The van der Waals surface area contributed by atoms with Crippen molar-refractivity contribution in [3.8, 4) is 0 Å². The van der Waals surface area contributed by atoms with Crippen LogP contribution in [0.1, 0.15) is 38.7 Å². The lowest BCUT2D eigenvalue weighted by Gasteiger charge is -2.45. The maximum absolute atomic E-state index is 12.8. The number of hydrogen-bond donors (Lipinski definition) is 2. The summed E-state index contributed by atoms with van der Waals surface area (Å²) in [4.78, 5) is 18.0. The highest BCUT2D eigenvalue weighted by Gasteiger charge is 2.55. The molecule has 1 aromatic heterocycles. The molecule has 3 aliphatic heterocycles. The van der Waals surface area contributed by atoms with Crippen molar-refractivity contribution in [1.29, 1.82) is 0 Å². The number of rotatable bonds is 3. The highest BCUT2D eigenvalue weighted by molar-refractivity contribution is 8.09. The largest absolute Gasteiger partial charge is 0.496 e. The van der Waals surface area contributed by atoms with Gasteiger partial charge in [0, 0.05) is 18.3 Å². The number of thioether (sulfide) groups is 1. The lowest BCUT2D eigenvalue weighted by Crippen LogP contribution is -2.63. The summed E-state index contributed by atoms with van der Waals surface area (Å²) in [6.45, 7) is 4.46. The Balaban J connectivity index is 1.79. The van der Waals surface area contributed by atoms with E-state index in [4.69, 9.17) is 4.74 Å². The van der Waals surface area contributed by atoms with Crippen molar-refractivity contribution in [3.05, 3.63) is 35.8 Å². The van der Waals surface area contributed by atoms with Gasteiger partial charge < -0.3 is 15.2 Å². The predicted octanol–water partition coefficient (Wildman–Crippen LogP) is 2.57. The zero-order valence-corrected chi connectivity index (χ0v) is 15.4. The number of amides is 1. The number of allylic oxidation sites excluding steroid dienone is 1. The first-order chi connectivity index (χ1) is 12.0. The van der Waals surface area contributed by atoms with Gasteiger partial charge in [0.15, 0.2) is 0 Å². The normalized spacial score (nSPS) is 33.8. The number of nitrogens with one attached hydrogen (secondary N) is 1. The molecule has 134 valence electrons. The van der Waals surface area contributed by atoms with Crippen LogP contribution < -0.4 is 5.32 Å². The first-order valence-corrected chi connectivity index (χ1v) is 9.87. The van der Waals surface area contributed by atoms with Gasteiger partial charge in [-0.05, 0) is 49.8 Å². The Labute approximate surface area is 152 Å². The Kier molecular flexibility index (Phi) is 4.28. The number of nitrogens with zero attached hydrogens (tertiary/aromatic N) is 1. The second-order valence-electron chi connectivity index (χ2n) is 7.35. The van der Waals surface area contributed by atoms with Crippen LogP contribution in [0, 0.1) is 11.8 Å². The molecule has 3 aliphatic rings. The Hall–Kier alpha value is -1.53. The summed E-state index contributed by atoms with van der Waals surface area (Å²) in [5.74, 6) is 1.18. The molecule has 0 aliphatic carbocycles. The second kappa shape index (κ2) is 6.32. The first-order valence-electron chi connectivity index (χ1n) is 8.99. The lowest BCUT2D eigenvalue weighted by molar-refractivity contribution is -0.130. The quantitative estimate of drug-likeness (QED) is 0.867. The van der Waals surface area contributed by atoms with E-state index in [0.717, 1.165) is 29.1 Å². The summed E-state index contributed by atoms with van der Waals surface area (Å²) >= 11 is 1.59. The number of hydrogen-bond acceptors (Lipinski definition) is 5. The van der Waals surface area contributed by atoms with Crippen LogP contribution in [-0.2, 0) is 9.53 Å². The monoisotopic (exact) mass is 360 g/mol. The van der Waals surface area contributed by atoms with Gasteiger partial charge in [0.2, 0.25) is 5.91 Å². The highest BCUT2D eigenvalue weighted by atomic mass is 32.2. The van der Waals surface area contributed by atoms with Gasteiger partial charge in [-0.15, -0.1) is 11.8 Å². The van der Waals surface area contributed by atoms with Gasteiger partial charge in [0.1, 0.15) is 5.76 Å². The molecule has 1 amide bonds. The SMILES string of the molecule is CC[C@@](C)(O)C1NC(=O)C2SC(c3ccncc3)=C3OCCCC1C32. The van der Waals surface area contributed by atoms with Gasteiger partial charge in [-0.3, -0.25) is 9.78 Å². The topological polar surface area (TPSA) is 71.5 Å². The van der Waals surface area contributed by atoms with Crippen LogP contribution in [0.4, 0.5) is 0 Å². The van der Waals surface area contributed by atoms with Gasteiger partial charge in [-0.1, -0.05) is 6.92 Å². The second-order valence-corrected chi connectivity index (χ2v) is 8.50. The predicted molar refractivity (Wildman–Crippen MR) is 97.5 cm³/mol. The molecule has 4 unspecified atom stereocenters. The van der Waals surface area contributed by atoms with Crippen molar-refractivity contribution in [2.24, 2.45) is 11.8 Å². The number of carbonyl (C=O) groups is 1. The Morgan fingerprint density at radius 1 is 1.44 bits per heavy atom. The summed E-state index contributed by atoms with van der Waals surface area (Å²) in [6, 6.07) is 3.70. The number of ether oxygens (including phenoxy) is 1. The van der Waals surface area contributed by atoms with Crippen molar-refractivity contribution in [1.82, 2.24) is 10.3 Å². The van der Waals surface area contributed by atoms with Gasteiger partial charge in [0.25, 0.3) is 0 Å². The van der Waals surface area contributed by atoms with Crippen molar-refractivity contribution < 1.29 is 14.6 Å². The molecule has 6 heteroatoms. The molecule has 0 radical (unpaired) electrons. The molecule has 0 spiro atoms. The van der Waals surface area contributed by atoms with Crippen LogP contribution in [0.25, 0.3) is 4.91 Å². The molecule has 0 bridgehead atoms. The number of carbonyl (C=O) groups excluding carboxylic acids is 1. The molecule has 0 saturated carbocycles. The van der Waals surface area contributed by atoms with Crippen LogP contribution >= 0.6 is 11.8 Å². The molecule has 2 saturated heterocycles. The minimum absolute atomic E-state index is 0.0111. The van der Waals surface area contributed by atoms with Gasteiger partial charge in [0.05, 0.1) is 28.4 Å². The molecule has 2 fully saturated rings. The van der Waals surface area contributed by atoms with E-state index in [1.807, 2.05) is 26.0 Å². The van der Waals surface area contributed by atoms with Crippen LogP contribution in [0.15, 0.2) is 30.3 Å². The van der Waals surface area contributed by atoms with Crippen molar-refractivity contribution >= 4 is 22.6 Å². The lowest BCUT2D eigenvalue weighted by atomic mass is 9.70. The Morgan fingerprint density at radius 2 is 2.20 bits per heavy atom. The molecule has 2 N–H and O–H groups in total. The summed E-state index contributed by atoms with van der Waals surface area (Å²) in [5.41, 5.74) is 0.141. The zero-order valence-electron chi connectivity index (χ0n) is 14.6. The summed E-state index contributed by atoms with van der Waals surface area (Å²) < 4.78 is 6.15. The molecule has 4 heterocycles. The fourth-order valence-corrected chi connectivity index (χ4v) is 5.78. The van der Waals surface area contributed by atoms with E-state index in [9.17, 15) is 9.90 Å². The molecule has 4 rings (SSSR count). The van der Waals surface area contributed by atoms with E-state index in [1.165, 1.54) is 0 Å². The smallest absolute Gasteiger partial charge is 0.234 e. The molecule has 25 heavy (non-hydrogen) atoms. The highest BCUT2D eigenvalue weighted by Crippen LogP contribution is 2.55. The van der Waals surface area contributed by atoms with E-state index in [-0.39, 0.29) is 29.0 Å². The Morgan fingerprint density at radius 3 is 2.92 bits per heavy atom. The molecule has 1 aromatic rings. The zero-order chi connectivity index (χ0) is 17.6. The van der Waals surface area contributed by atoms with E-state index in [1.54, 1.807) is 24.2 Å².